The Kier molecular flexibility index (Phi) is 14.2. The fraction of sp³-hybridized carbons (Fsp3) is 1.00. The van der Waals surface area contributed by atoms with Gasteiger partial charge in [0.05, 0.1) is 18.3 Å². The number of hydrogen-bond donors (Lipinski definition) is 7. The Bertz CT molecular complexity index is 480. The minimum Gasteiger partial charge on any atom is -0.388 e. The quantitative estimate of drug-likeness (QED) is 0.319. The summed E-state index contributed by atoms with van der Waals surface area (Å²) in [5.74, 6) is 0.282. The molecule has 9 nitrogen and oxygen atoms in total. The van der Waals surface area contributed by atoms with Crippen molar-refractivity contribution in [2.75, 3.05) is 0 Å². The highest BCUT2D eigenvalue weighted by Crippen LogP contribution is 2.33. The average Bonchev–Trinajstić information content (AvgIpc) is 2.62. The lowest BCUT2D eigenvalue weighted by molar-refractivity contribution is -0.283. The summed E-state index contributed by atoms with van der Waals surface area (Å²) in [6.45, 7) is 11.6. The molecule has 0 amide bonds. The highest BCUT2D eigenvalue weighted by Gasteiger charge is 2.47. The molecule has 0 spiro atoms. The molecule has 9 heteroatoms. The number of rotatable bonds is 3. The third-order valence-electron chi connectivity index (χ3n) is 5.36. The van der Waals surface area contributed by atoms with Crippen molar-refractivity contribution in [3.63, 3.8) is 0 Å². The molecule has 10 atom stereocenters. The van der Waals surface area contributed by atoms with Crippen molar-refractivity contribution >= 4 is 0 Å². The van der Waals surface area contributed by atoms with Gasteiger partial charge in [-0.15, -0.1) is 0 Å². The van der Waals surface area contributed by atoms with Crippen molar-refractivity contribution in [2.24, 2.45) is 11.3 Å². The fourth-order valence-electron chi connectivity index (χ4n) is 3.59. The zero-order chi connectivity index (χ0) is 22.7. The largest absolute Gasteiger partial charge is 0.388 e. The average molecular weight is 457 g/mol. The van der Waals surface area contributed by atoms with Crippen LogP contribution in [0, 0.1) is 11.3 Å². The molecule has 2 heterocycles. The summed E-state index contributed by atoms with van der Waals surface area (Å²) in [6.07, 6.45) is -8.79. The van der Waals surface area contributed by atoms with Crippen LogP contribution in [0.1, 0.15) is 69.2 Å². The van der Waals surface area contributed by atoms with Crippen LogP contribution in [-0.2, 0) is 9.47 Å². The summed E-state index contributed by atoms with van der Waals surface area (Å²) in [5, 5.41) is 66.5. The SMILES string of the molecule is C.C.CC(C)CC1OC(O)C(O)C(O)C1O.CCC1OC(C(C)(C)C)C(O)C(O)C1O. The Balaban J connectivity index is 0. The van der Waals surface area contributed by atoms with Gasteiger partial charge in [-0.1, -0.05) is 56.4 Å². The van der Waals surface area contributed by atoms with E-state index in [9.17, 15) is 35.7 Å². The fourth-order valence-corrected chi connectivity index (χ4v) is 3.59. The van der Waals surface area contributed by atoms with Gasteiger partial charge >= 0.3 is 0 Å². The molecule has 0 aliphatic carbocycles. The first kappa shape index (κ1) is 32.8. The van der Waals surface area contributed by atoms with Gasteiger partial charge in [0.25, 0.3) is 0 Å². The Labute approximate surface area is 187 Å². The Hall–Kier alpha value is -0.360. The van der Waals surface area contributed by atoms with Crippen LogP contribution in [0.3, 0.4) is 0 Å². The summed E-state index contributed by atoms with van der Waals surface area (Å²) in [4.78, 5) is 0. The zero-order valence-electron chi connectivity index (χ0n) is 18.2. The van der Waals surface area contributed by atoms with E-state index in [1.807, 2.05) is 41.5 Å². The van der Waals surface area contributed by atoms with Crippen molar-refractivity contribution in [1.82, 2.24) is 0 Å². The van der Waals surface area contributed by atoms with Gasteiger partial charge in [-0.25, -0.2) is 0 Å². The first-order valence-electron chi connectivity index (χ1n) is 10.3. The molecule has 2 fully saturated rings. The van der Waals surface area contributed by atoms with E-state index in [-0.39, 0.29) is 26.2 Å². The molecule has 2 aliphatic heterocycles. The van der Waals surface area contributed by atoms with E-state index in [1.54, 1.807) is 0 Å². The lowest BCUT2D eigenvalue weighted by Gasteiger charge is -2.45. The van der Waals surface area contributed by atoms with Crippen molar-refractivity contribution in [3.05, 3.63) is 0 Å². The van der Waals surface area contributed by atoms with Gasteiger partial charge in [-0.05, 0) is 24.2 Å². The predicted octanol–water partition coefficient (Wildman–Crippen LogP) is 0.397. The molecule has 31 heavy (non-hydrogen) atoms. The third kappa shape index (κ3) is 8.49. The van der Waals surface area contributed by atoms with Crippen molar-refractivity contribution in [2.45, 2.75) is 130 Å². The van der Waals surface area contributed by atoms with E-state index >= 15 is 0 Å². The highest BCUT2D eigenvalue weighted by atomic mass is 16.6. The maximum absolute atomic E-state index is 9.82. The number of aliphatic hydroxyl groups excluding tert-OH is 7. The van der Waals surface area contributed by atoms with E-state index in [4.69, 9.17) is 9.47 Å². The van der Waals surface area contributed by atoms with Crippen LogP contribution in [0.25, 0.3) is 0 Å². The first-order valence-corrected chi connectivity index (χ1v) is 10.3. The van der Waals surface area contributed by atoms with E-state index < -0.39 is 61.2 Å². The Morgan fingerprint density at radius 1 is 0.677 bits per heavy atom. The topological polar surface area (TPSA) is 160 Å². The second-order valence-corrected chi connectivity index (χ2v) is 9.51. The third-order valence-corrected chi connectivity index (χ3v) is 5.36. The second-order valence-electron chi connectivity index (χ2n) is 9.51. The lowest BCUT2D eigenvalue weighted by atomic mass is 9.80. The normalized spacial score (nSPS) is 40.8. The molecular formula is C22H48O9. The van der Waals surface area contributed by atoms with E-state index in [2.05, 4.69) is 0 Å². The maximum atomic E-state index is 9.82. The highest BCUT2D eigenvalue weighted by molar-refractivity contribution is 4.96. The predicted molar refractivity (Wildman–Crippen MR) is 118 cm³/mol. The molecule has 10 unspecified atom stereocenters. The molecule has 0 aromatic rings. The summed E-state index contributed by atoms with van der Waals surface area (Å²) >= 11 is 0. The molecule has 0 aromatic carbocycles. The van der Waals surface area contributed by atoms with Crippen LogP contribution in [0.2, 0.25) is 0 Å². The Morgan fingerprint density at radius 2 is 1.13 bits per heavy atom. The Morgan fingerprint density at radius 3 is 1.55 bits per heavy atom. The minimum absolute atomic E-state index is 0. The molecule has 190 valence electrons. The van der Waals surface area contributed by atoms with Crippen LogP contribution >= 0.6 is 0 Å². The van der Waals surface area contributed by atoms with Crippen LogP contribution in [0.15, 0.2) is 0 Å². The number of aliphatic hydroxyl groups is 7. The van der Waals surface area contributed by atoms with Gasteiger partial charge in [-0.3, -0.25) is 0 Å². The lowest BCUT2D eigenvalue weighted by Crippen LogP contribution is -2.60. The van der Waals surface area contributed by atoms with E-state index in [1.165, 1.54) is 0 Å². The number of hydrogen-bond acceptors (Lipinski definition) is 9. The summed E-state index contributed by atoms with van der Waals surface area (Å²) in [6, 6.07) is 0. The molecule has 0 saturated carbocycles. The minimum atomic E-state index is -1.44. The molecule has 2 saturated heterocycles. The van der Waals surface area contributed by atoms with E-state index in [0.717, 1.165) is 0 Å². The van der Waals surface area contributed by atoms with Crippen LogP contribution in [0.4, 0.5) is 0 Å². The smallest absolute Gasteiger partial charge is 0.183 e. The molecule has 2 aliphatic rings. The summed E-state index contributed by atoms with van der Waals surface area (Å²) in [5.41, 5.74) is -0.256. The summed E-state index contributed by atoms with van der Waals surface area (Å²) in [7, 11) is 0. The van der Waals surface area contributed by atoms with E-state index in [0.29, 0.717) is 12.8 Å². The van der Waals surface area contributed by atoms with Gasteiger partial charge < -0.3 is 45.2 Å². The molecule has 0 radical (unpaired) electrons. The van der Waals surface area contributed by atoms with Gasteiger partial charge in [0, 0.05) is 0 Å². The van der Waals surface area contributed by atoms with Gasteiger partial charge in [0.1, 0.15) is 36.6 Å². The molecule has 2 rings (SSSR count). The molecule has 0 aromatic heterocycles. The zero-order valence-corrected chi connectivity index (χ0v) is 18.2. The molecule has 7 N–H and O–H groups in total. The van der Waals surface area contributed by atoms with Gasteiger partial charge in [-0.2, -0.15) is 0 Å². The summed E-state index contributed by atoms with van der Waals surface area (Å²) < 4.78 is 10.6. The first-order chi connectivity index (χ1) is 13.2. The second kappa shape index (κ2) is 13.4. The molecular weight excluding hydrogens is 408 g/mol. The maximum Gasteiger partial charge on any atom is 0.183 e. The standard InChI is InChI=1S/C11H22O4.C9H18O5.2CH4/c1-5-6-7(12)8(13)9(14)10(15-6)11(2,3)4;1-4(2)3-5-6(10)7(11)8(12)9(13)14-5;;/h6-10,12-14H,5H2,1-4H3;4-13H,3H2,1-2H3;2*1H4. The van der Waals surface area contributed by atoms with Crippen LogP contribution < -0.4 is 0 Å². The monoisotopic (exact) mass is 456 g/mol. The van der Waals surface area contributed by atoms with Crippen molar-refractivity contribution < 1.29 is 45.2 Å². The van der Waals surface area contributed by atoms with Crippen LogP contribution in [0.5, 0.6) is 0 Å². The number of ether oxygens (including phenoxy) is 2. The van der Waals surface area contributed by atoms with Crippen molar-refractivity contribution in [1.29, 1.82) is 0 Å². The van der Waals surface area contributed by atoms with Gasteiger partial charge in [0.2, 0.25) is 0 Å². The van der Waals surface area contributed by atoms with Crippen molar-refractivity contribution in [3.8, 4) is 0 Å². The van der Waals surface area contributed by atoms with Gasteiger partial charge in [0.15, 0.2) is 6.29 Å². The van der Waals surface area contributed by atoms with Crippen LogP contribution in [-0.4, -0.2) is 97.0 Å². The molecule has 0 bridgehead atoms.